The summed E-state index contributed by atoms with van der Waals surface area (Å²) >= 11 is 1.71. The van der Waals surface area contributed by atoms with Crippen molar-refractivity contribution < 1.29 is 4.79 Å². The molecule has 1 aromatic rings. The highest BCUT2D eigenvalue weighted by molar-refractivity contribution is 7.98. The molecule has 1 amide bonds. The van der Waals surface area contributed by atoms with Crippen molar-refractivity contribution in [3.63, 3.8) is 0 Å². The van der Waals surface area contributed by atoms with Crippen LogP contribution in [-0.2, 0) is 11.2 Å². The summed E-state index contributed by atoms with van der Waals surface area (Å²) in [7, 11) is 0. The van der Waals surface area contributed by atoms with Gasteiger partial charge in [0, 0.05) is 10.6 Å². The molecule has 0 bridgehead atoms. The summed E-state index contributed by atoms with van der Waals surface area (Å²) < 4.78 is 0. The lowest BCUT2D eigenvalue weighted by atomic mass is 10.1. The molecule has 3 nitrogen and oxygen atoms in total. The molecule has 0 aliphatic carbocycles. The molecule has 0 fully saturated rings. The summed E-state index contributed by atoms with van der Waals surface area (Å²) in [6, 6.07) is 6.16. The van der Waals surface area contributed by atoms with Gasteiger partial charge in [-0.05, 0) is 36.4 Å². The van der Waals surface area contributed by atoms with Crippen LogP contribution in [0.25, 0.3) is 0 Å². The second-order valence-corrected chi connectivity index (χ2v) is 4.08. The number of carbonyl (C=O) groups excluding carboxylic acids is 1. The molecule has 15 heavy (non-hydrogen) atoms. The smallest absolute Gasteiger partial charge is 0.236 e. The highest BCUT2D eigenvalue weighted by Gasteiger charge is 2.02. The Morgan fingerprint density at radius 3 is 2.80 bits per heavy atom. The van der Waals surface area contributed by atoms with Gasteiger partial charge in [0.1, 0.15) is 0 Å². The van der Waals surface area contributed by atoms with E-state index in [1.807, 2.05) is 18.4 Å². The van der Waals surface area contributed by atoms with E-state index in [2.05, 4.69) is 18.3 Å². The molecule has 0 spiro atoms. The number of rotatable bonds is 5. The Labute approximate surface area is 94.4 Å². The molecule has 0 aliphatic heterocycles. The van der Waals surface area contributed by atoms with Crippen LogP contribution >= 0.6 is 11.8 Å². The average molecular weight is 224 g/mol. The van der Waals surface area contributed by atoms with Gasteiger partial charge in [0.2, 0.25) is 5.91 Å². The van der Waals surface area contributed by atoms with E-state index in [0.29, 0.717) is 0 Å². The largest absolute Gasteiger partial charge is 0.376 e. The van der Waals surface area contributed by atoms with Gasteiger partial charge < -0.3 is 11.1 Å². The Bertz CT molecular complexity index is 352. The standard InChI is InChI=1S/C11H16N2OS/c1-3-8-6-9(15-2)4-5-10(8)13-7-11(12)14/h4-6,13H,3,7H2,1-2H3,(H2,12,14). The van der Waals surface area contributed by atoms with Crippen molar-refractivity contribution in [2.75, 3.05) is 18.1 Å². The zero-order valence-corrected chi connectivity index (χ0v) is 9.86. The first-order chi connectivity index (χ1) is 7.17. The van der Waals surface area contributed by atoms with E-state index in [0.717, 1.165) is 12.1 Å². The summed E-state index contributed by atoms with van der Waals surface area (Å²) in [6.07, 6.45) is 2.99. The molecule has 0 saturated carbocycles. The van der Waals surface area contributed by atoms with E-state index in [1.165, 1.54) is 10.5 Å². The van der Waals surface area contributed by atoms with Crippen molar-refractivity contribution in [2.45, 2.75) is 18.2 Å². The Hall–Kier alpha value is -1.16. The number of aryl methyl sites for hydroxylation is 1. The first-order valence-corrected chi connectivity index (χ1v) is 6.09. The predicted molar refractivity (Wildman–Crippen MR) is 65.3 cm³/mol. The Kier molecular flexibility index (Phi) is 4.49. The molecule has 0 atom stereocenters. The van der Waals surface area contributed by atoms with Crippen LogP contribution in [0.2, 0.25) is 0 Å². The van der Waals surface area contributed by atoms with E-state index in [-0.39, 0.29) is 12.5 Å². The second kappa shape index (κ2) is 5.66. The summed E-state index contributed by atoms with van der Waals surface area (Å²) in [6.45, 7) is 2.28. The van der Waals surface area contributed by atoms with Gasteiger partial charge in [0.15, 0.2) is 0 Å². The fourth-order valence-corrected chi connectivity index (χ4v) is 1.81. The van der Waals surface area contributed by atoms with Gasteiger partial charge >= 0.3 is 0 Å². The van der Waals surface area contributed by atoms with Crippen LogP contribution in [0.5, 0.6) is 0 Å². The van der Waals surface area contributed by atoms with Gasteiger partial charge in [-0.25, -0.2) is 0 Å². The summed E-state index contributed by atoms with van der Waals surface area (Å²) in [5.74, 6) is -0.342. The zero-order valence-electron chi connectivity index (χ0n) is 9.04. The van der Waals surface area contributed by atoms with Crippen molar-refractivity contribution in [2.24, 2.45) is 5.73 Å². The fraction of sp³-hybridized carbons (Fsp3) is 0.364. The minimum atomic E-state index is -0.342. The molecule has 3 N–H and O–H groups in total. The molecular formula is C11H16N2OS. The van der Waals surface area contributed by atoms with Crippen LogP contribution in [0.4, 0.5) is 5.69 Å². The minimum Gasteiger partial charge on any atom is -0.376 e. The molecule has 0 radical (unpaired) electrons. The van der Waals surface area contributed by atoms with Crippen LogP contribution in [-0.4, -0.2) is 18.7 Å². The molecule has 0 unspecified atom stereocenters. The number of primary amides is 1. The quantitative estimate of drug-likeness (QED) is 0.751. The van der Waals surface area contributed by atoms with Gasteiger partial charge in [-0.1, -0.05) is 6.92 Å². The van der Waals surface area contributed by atoms with E-state index in [9.17, 15) is 4.79 Å². The van der Waals surface area contributed by atoms with Crippen LogP contribution < -0.4 is 11.1 Å². The van der Waals surface area contributed by atoms with E-state index < -0.39 is 0 Å². The zero-order chi connectivity index (χ0) is 11.3. The van der Waals surface area contributed by atoms with Crippen molar-refractivity contribution in [1.29, 1.82) is 0 Å². The Balaban J connectivity index is 2.82. The van der Waals surface area contributed by atoms with Crippen LogP contribution in [0, 0.1) is 0 Å². The third kappa shape index (κ3) is 3.47. The van der Waals surface area contributed by atoms with E-state index in [1.54, 1.807) is 11.8 Å². The fourth-order valence-electron chi connectivity index (χ4n) is 1.34. The van der Waals surface area contributed by atoms with Gasteiger partial charge in [-0.3, -0.25) is 4.79 Å². The molecule has 0 saturated heterocycles. The van der Waals surface area contributed by atoms with Crippen LogP contribution in [0.3, 0.4) is 0 Å². The SMILES string of the molecule is CCc1cc(SC)ccc1NCC(N)=O. The average Bonchev–Trinajstić information content (AvgIpc) is 2.25. The molecule has 1 aromatic carbocycles. The summed E-state index contributed by atoms with van der Waals surface area (Å²) in [5.41, 5.74) is 7.29. The molecule has 4 heteroatoms. The van der Waals surface area contributed by atoms with Gasteiger partial charge in [0.05, 0.1) is 6.54 Å². The lowest BCUT2D eigenvalue weighted by Gasteiger charge is -2.10. The lowest BCUT2D eigenvalue weighted by molar-refractivity contribution is -0.116. The van der Waals surface area contributed by atoms with Crippen molar-refractivity contribution in [3.8, 4) is 0 Å². The normalized spacial score (nSPS) is 10.0. The summed E-state index contributed by atoms with van der Waals surface area (Å²) in [4.78, 5) is 11.9. The topological polar surface area (TPSA) is 55.1 Å². The molecule has 82 valence electrons. The monoisotopic (exact) mass is 224 g/mol. The number of amides is 1. The first kappa shape index (κ1) is 11.9. The minimum absolute atomic E-state index is 0.186. The van der Waals surface area contributed by atoms with E-state index in [4.69, 9.17) is 5.73 Å². The third-order valence-electron chi connectivity index (χ3n) is 2.15. The predicted octanol–water partition coefficient (Wildman–Crippen LogP) is 1.87. The number of thioether (sulfide) groups is 1. The van der Waals surface area contributed by atoms with Crippen molar-refractivity contribution in [3.05, 3.63) is 23.8 Å². The number of carbonyl (C=O) groups is 1. The maximum atomic E-state index is 10.7. The molecule has 0 aromatic heterocycles. The van der Waals surface area contributed by atoms with Crippen LogP contribution in [0.15, 0.2) is 23.1 Å². The number of benzene rings is 1. The number of hydrogen-bond donors (Lipinski definition) is 2. The number of anilines is 1. The first-order valence-electron chi connectivity index (χ1n) is 4.86. The number of hydrogen-bond acceptors (Lipinski definition) is 3. The maximum Gasteiger partial charge on any atom is 0.236 e. The molecular weight excluding hydrogens is 208 g/mol. The molecule has 0 aliphatic rings. The van der Waals surface area contributed by atoms with Gasteiger partial charge in [-0.15, -0.1) is 11.8 Å². The highest BCUT2D eigenvalue weighted by Crippen LogP contribution is 2.23. The molecule has 1 rings (SSSR count). The van der Waals surface area contributed by atoms with Crippen LogP contribution in [0.1, 0.15) is 12.5 Å². The third-order valence-corrected chi connectivity index (χ3v) is 2.87. The van der Waals surface area contributed by atoms with Crippen molar-refractivity contribution in [1.82, 2.24) is 0 Å². The van der Waals surface area contributed by atoms with Gasteiger partial charge in [-0.2, -0.15) is 0 Å². The summed E-state index contributed by atoms with van der Waals surface area (Å²) in [5, 5.41) is 3.03. The molecule has 0 heterocycles. The number of nitrogens with one attached hydrogen (secondary N) is 1. The van der Waals surface area contributed by atoms with Gasteiger partial charge in [0.25, 0.3) is 0 Å². The van der Waals surface area contributed by atoms with Crippen molar-refractivity contribution >= 4 is 23.4 Å². The lowest BCUT2D eigenvalue weighted by Crippen LogP contribution is -2.22. The van der Waals surface area contributed by atoms with E-state index >= 15 is 0 Å². The second-order valence-electron chi connectivity index (χ2n) is 3.20. The number of nitrogens with two attached hydrogens (primary N) is 1. The maximum absolute atomic E-state index is 10.7. The Morgan fingerprint density at radius 1 is 1.53 bits per heavy atom. The highest BCUT2D eigenvalue weighted by atomic mass is 32.2. The Morgan fingerprint density at radius 2 is 2.27 bits per heavy atom.